The second-order valence-corrected chi connectivity index (χ2v) is 4.77. The molecule has 3 nitrogen and oxygen atoms in total. The molecule has 3 heteroatoms. The van der Waals surface area contributed by atoms with Gasteiger partial charge in [0.05, 0.1) is 0 Å². The smallest absolute Gasteiger partial charge is 0.0372 e. The van der Waals surface area contributed by atoms with Gasteiger partial charge in [0.15, 0.2) is 0 Å². The minimum atomic E-state index is 0.516. The van der Waals surface area contributed by atoms with Gasteiger partial charge in [-0.2, -0.15) is 0 Å². The van der Waals surface area contributed by atoms with Gasteiger partial charge < -0.3 is 10.6 Å². The first-order valence-electron chi connectivity index (χ1n) is 6.12. The number of hydrogen-bond donors (Lipinski definition) is 2. The molecule has 1 fully saturated rings. The van der Waals surface area contributed by atoms with Gasteiger partial charge >= 0.3 is 0 Å². The monoisotopic (exact) mass is 219 g/mol. The van der Waals surface area contributed by atoms with E-state index in [1.54, 1.807) is 0 Å². The van der Waals surface area contributed by atoms with E-state index in [1.807, 2.05) is 13.1 Å². The lowest BCUT2D eigenvalue weighted by Crippen LogP contribution is -2.36. The van der Waals surface area contributed by atoms with Gasteiger partial charge in [0, 0.05) is 37.1 Å². The van der Waals surface area contributed by atoms with Crippen LogP contribution in [0.25, 0.3) is 0 Å². The Morgan fingerprint density at radius 2 is 2.25 bits per heavy atom. The van der Waals surface area contributed by atoms with E-state index in [2.05, 4.69) is 34.7 Å². The third-order valence-corrected chi connectivity index (χ3v) is 2.92. The second kappa shape index (κ2) is 5.41. The topological polar surface area (TPSA) is 37.0 Å². The van der Waals surface area contributed by atoms with Crippen LogP contribution < -0.4 is 10.6 Å². The van der Waals surface area contributed by atoms with Crippen molar-refractivity contribution in [2.24, 2.45) is 0 Å². The standard InChI is InChI=1S/C13H21N3/c1-10-3-4-12(8-14-10)9-15-11(2)7-16-13-5-6-13/h3-4,8,11,13,15-16H,5-7,9H2,1-2H3. The summed E-state index contributed by atoms with van der Waals surface area (Å²) in [5.74, 6) is 0. The molecule has 1 unspecified atom stereocenters. The number of pyridine rings is 1. The van der Waals surface area contributed by atoms with Crippen LogP contribution >= 0.6 is 0 Å². The van der Waals surface area contributed by atoms with Crippen molar-refractivity contribution >= 4 is 0 Å². The molecule has 2 rings (SSSR count). The fourth-order valence-corrected chi connectivity index (χ4v) is 1.60. The van der Waals surface area contributed by atoms with Crippen molar-refractivity contribution in [2.75, 3.05) is 6.54 Å². The minimum Gasteiger partial charge on any atom is -0.312 e. The fraction of sp³-hybridized carbons (Fsp3) is 0.615. The lowest BCUT2D eigenvalue weighted by Gasteiger charge is -2.14. The normalized spacial score (nSPS) is 17.4. The van der Waals surface area contributed by atoms with Crippen LogP contribution in [0.15, 0.2) is 18.3 Å². The Labute approximate surface area is 97.7 Å². The van der Waals surface area contributed by atoms with Crippen LogP contribution in [0.2, 0.25) is 0 Å². The number of aromatic nitrogens is 1. The summed E-state index contributed by atoms with van der Waals surface area (Å²) < 4.78 is 0. The Hall–Kier alpha value is -0.930. The first kappa shape index (κ1) is 11.6. The summed E-state index contributed by atoms with van der Waals surface area (Å²) in [6.45, 7) is 6.20. The molecule has 1 heterocycles. The molecule has 0 spiro atoms. The Morgan fingerprint density at radius 3 is 2.88 bits per heavy atom. The van der Waals surface area contributed by atoms with Crippen LogP contribution in [0.4, 0.5) is 0 Å². The summed E-state index contributed by atoms with van der Waals surface area (Å²) in [6.07, 6.45) is 4.66. The molecular weight excluding hydrogens is 198 g/mol. The van der Waals surface area contributed by atoms with Gasteiger partial charge in [-0.3, -0.25) is 4.98 Å². The number of hydrogen-bond acceptors (Lipinski definition) is 3. The summed E-state index contributed by atoms with van der Waals surface area (Å²) in [6, 6.07) is 5.51. The van der Waals surface area contributed by atoms with Gasteiger partial charge in [-0.15, -0.1) is 0 Å². The average Bonchev–Trinajstić information content (AvgIpc) is 3.09. The molecule has 88 valence electrons. The first-order chi connectivity index (χ1) is 7.74. The van der Waals surface area contributed by atoms with Crippen molar-refractivity contribution in [3.05, 3.63) is 29.6 Å². The molecule has 1 saturated carbocycles. The van der Waals surface area contributed by atoms with E-state index in [9.17, 15) is 0 Å². The fourth-order valence-electron chi connectivity index (χ4n) is 1.60. The van der Waals surface area contributed by atoms with E-state index >= 15 is 0 Å². The van der Waals surface area contributed by atoms with Crippen molar-refractivity contribution in [1.29, 1.82) is 0 Å². The molecule has 1 aliphatic carbocycles. The second-order valence-electron chi connectivity index (χ2n) is 4.77. The third-order valence-electron chi connectivity index (χ3n) is 2.92. The van der Waals surface area contributed by atoms with Crippen LogP contribution in [-0.4, -0.2) is 23.6 Å². The van der Waals surface area contributed by atoms with Crippen LogP contribution in [0, 0.1) is 6.92 Å². The van der Waals surface area contributed by atoms with Crippen molar-refractivity contribution in [1.82, 2.24) is 15.6 Å². The van der Waals surface area contributed by atoms with Gasteiger partial charge in [-0.25, -0.2) is 0 Å². The number of nitrogens with one attached hydrogen (secondary N) is 2. The highest BCUT2D eigenvalue weighted by molar-refractivity contribution is 5.12. The average molecular weight is 219 g/mol. The molecule has 0 saturated heterocycles. The molecule has 1 aliphatic rings. The summed E-state index contributed by atoms with van der Waals surface area (Å²) in [5.41, 5.74) is 2.33. The molecular formula is C13H21N3. The minimum absolute atomic E-state index is 0.516. The molecule has 0 radical (unpaired) electrons. The van der Waals surface area contributed by atoms with Crippen LogP contribution in [0.1, 0.15) is 31.0 Å². The van der Waals surface area contributed by atoms with Gasteiger partial charge in [-0.1, -0.05) is 6.07 Å². The highest BCUT2D eigenvalue weighted by Gasteiger charge is 2.20. The molecule has 0 aromatic carbocycles. The van der Waals surface area contributed by atoms with Crippen molar-refractivity contribution in [3.8, 4) is 0 Å². The largest absolute Gasteiger partial charge is 0.312 e. The highest BCUT2D eigenvalue weighted by Crippen LogP contribution is 2.18. The molecule has 1 atom stereocenters. The lowest BCUT2D eigenvalue weighted by atomic mass is 10.2. The van der Waals surface area contributed by atoms with Gasteiger partial charge in [0.2, 0.25) is 0 Å². The Bertz CT molecular complexity index is 316. The van der Waals surface area contributed by atoms with E-state index in [1.165, 1.54) is 18.4 Å². The number of aryl methyl sites for hydroxylation is 1. The molecule has 2 N–H and O–H groups in total. The van der Waals surface area contributed by atoms with Crippen LogP contribution in [0.5, 0.6) is 0 Å². The van der Waals surface area contributed by atoms with Gasteiger partial charge in [0.25, 0.3) is 0 Å². The Kier molecular flexibility index (Phi) is 3.91. The third kappa shape index (κ3) is 3.91. The SMILES string of the molecule is Cc1ccc(CNC(C)CNC2CC2)cn1. The zero-order chi connectivity index (χ0) is 11.4. The Balaban J connectivity index is 1.67. The number of rotatable bonds is 6. The summed E-state index contributed by atoms with van der Waals surface area (Å²) in [5, 5.41) is 7.02. The predicted octanol–water partition coefficient (Wildman–Crippen LogP) is 1.62. The van der Waals surface area contributed by atoms with Gasteiger partial charge in [0.1, 0.15) is 0 Å². The van der Waals surface area contributed by atoms with E-state index in [0.717, 1.165) is 24.8 Å². The Morgan fingerprint density at radius 1 is 1.44 bits per heavy atom. The highest BCUT2D eigenvalue weighted by atomic mass is 15.0. The van der Waals surface area contributed by atoms with E-state index < -0.39 is 0 Å². The maximum absolute atomic E-state index is 4.29. The summed E-state index contributed by atoms with van der Waals surface area (Å²) in [7, 11) is 0. The van der Waals surface area contributed by atoms with Crippen molar-refractivity contribution in [3.63, 3.8) is 0 Å². The summed E-state index contributed by atoms with van der Waals surface area (Å²) in [4.78, 5) is 4.29. The lowest BCUT2D eigenvalue weighted by molar-refractivity contribution is 0.499. The predicted molar refractivity (Wildman–Crippen MR) is 66.3 cm³/mol. The van der Waals surface area contributed by atoms with E-state index in [4.69, 9.17) is 0 Å². The van der Waals surface area contributed by atoms with Crippen molar-refractivity contribution in [2.45, 2.75) is 45.3 Å². The van der Waals surface area contributed by atoms with E-state index in [0.29, 0.717) is 6.04 Å². The first-order valence-corrected chi connectivity index (χ1v) is 6.12. The molecule has 0 bridgehead atoms. The quantitative estimate of drug-likeness (QED) is 0.763. The maximum Gasteiger partial charge on any atom is 0.0372 e. The zero-order valence-electron chi connectivity index (χ0n) is 10.2. The van der Waals surface area contributed by atoms with Crippen molar-refractivity contribution < 1.29 is 0 Å². The van der Waals surface area contributed by atoms with Gasteiger partial charge in [-0.05, 0) is 38.3 Å². The molecule has 1 aromatic rings. The number of nitrogens with zero attached hydrogens (tertiary/aromatic N) is 1. The van der Waals surface area contributed by atoms with Crippen LogP contribution in [0.3, 0.4) is 0 Å². The maximum atomic E-state index is 4.29. The molecule has 1 aromatic heterocycles. The molecule has 0 amide bonds. The zero-order valence-corrected chi connectivity index (χ0v) is 10.2. The van der Waals surface area contributed by atoms with Crippen LogP contribution in [-0.2, 0) is 6.54 Å². The molecule has 0 aliphatic heterocycles. The summed E-state index contributed by atoms with van der Waals surface area (Å²) >= 11 is 0. The molecule has 16 heavy (non-hydrogen) atoms. The van der Waals surface area contributed by atoms with E-state index in [-0.39, 0.29) is 0 Å².